The smallest absolute Gasteiger partial charge is 0.136 e. The monoisotopic (exact) mass is 656 g/mol. The third-order valence-electron chi connectivity index (χ3n) is 10.3. The van der Waals surface area contributed by atoms with Gasteiger partial charge in [0.1, 0.15) is 11.2 Å². The van der Waals surface area contributed by atoms with Gasteiger partial charge < -0.3 is 4.42 Å². The fourth-order valence-electron chi connectivity index (χ4n) is 8.08. The van der Waals surface area contributed by atoms with Crippen LogP contribution in [0, 0.1) is 0 Å². The summed E-state index contributed by atoms with van der Waals surface area (Å²) in [6, 6.07) is 53.2. The number of fused-ring (bicyclic) bond motifs is 8. The van der Waals surface area contributed by atoms with Crippen LogP contribution in [0.15, 0.2) is 150 Å². The summed E-state index contributed by atoms with van der Waals surface area (Å²) in [7, 11) is 0. The van der Waals surface area contributed by atoms with Crippen LogP contribution in [-0.4, -0.2) is 0 Å². The van der Waals surface area contributed by atoms with Gasteiger partial charge in [-0.25, -0.2) is 0 Å². The number of hydrogen-bond acceptors (Lipinski definition) is 2. The molecule has 0 amide bonds. The molecule has 0 aliphatic rings. The zero-order valence-electron chi connectivity index (χ0n) is 27.8. The van der Waals surface area contributed by atoms with E-state index in [1.165, 1.54) is 96.3 Å². The molecule has 236 valence electrons. The Morgan fingerprint density at radius 2 is 1.00 bits per heavy atom. The van der Waals surface area contributed by atoms with Crippen molar-refractivity contribution in [1.29, 1.82) is 0 Å². The molecule has 0 N–H and O–H groups in total. The van der Waals surface area contributed by atoms with Crippen LogP contribution in [0.5, 0.6) is 0 Å². The fourth-order valence-corrected chi connectivity index (χ4v) is 9.20. The van der Waals surface area contributed by atoms with Gasteiger partial charge in [-0.3, -0.25) is 0 Å². The van der Waals surface area contributed by atoms with Crippen molar-refractivity contribution in [2.75, 3.05) is 0 Å². The van der Waals surface area contributed by atoms with Crippen LogP contribution in [-0.2, 0) is 0 Å². The summed E-state index contributed by atoms with van der Waals surface area (Å²) >= 11 is 1.87. The molecular weight excluding hydrogens is 625 g/mol. The highest BCUT2D eigenvalue weighted by atomic mass is 32.1. The van der Waals surface area contributed by atoms with Crippen LogP contribution in [0.1, 0.15) is 13.8 Å². The van der Waals surface area contributed by atoms with Crippen molar-refractivity contribution in [2.24, 2.45) is 0 Å². The topological polar surface area (TPSA) is 13.1 Å². The molecule has 0 saturated carbocycles. The van der Waals surface area contributed by atoms with E-state index in [0.29, 0.717) is 0 Å². The minimum atomic E-state index is 0.935. The summed E-state index contributed by atoms with van der Waals surface area (Å²) in [6.07, 6.45) is 4.55. The average molecular weight is 657 g/mol. The van der Waals surface area contributed by atoms with Gasteiger partial charge in [-0.2, -0.15) is 0 Å². The minimum Gasteiger partial charge on any atom is -0.456 e. The molecule has 2 heterocycles. The molecule has 0 bridgehead atoms. The Hall–Kier alpha value is -5.96. The van der Waals surface area contributed by atoms with Crippen molar-refractivity contribution in [3.8, 4) is 33.4 Å². The van der Waals surface area contributed by atoms with E-state index in [1.807, 2.05) is 23.5 Å². The van der Waals surface area contributed by atoms with Gasteiger partial charge in [0.15, 0.2) is 0 Å². The van der Waals surface area contributed by atoms with Crippen molar-refractivity contribution in [1.82, 2.24) is 0 Å². The highest BCUT2D eigenvalue weighted by Crippen LogP contribution is 2.41. The molecule has 0 spiro atoms. The zero-order chi connectivity index (χ0) is 33.3. The zero-order valence-corrected chi connectivity index (χ0v) is 28.6. The maximum absolute atomic E-state index is 6.25. The predicted molar refractivity (Wildman–Crippen MR) is 217 cm³/mol. The third kappa shape index (κ3) is 4.39. The second-order valence-corrected chi connectivity index (χ2v) is 14.2. The van der Waals surface area contributed by atoms with Crippen molar-refractivity contribution < 1.29 is 4.42 Å². The number of hydrogen-bond donors (Lipinski definition) is 0. The van der Waals surface area contributed by atoms with Crippen LogP contribution in [0.3, 0.4) is 0 Å². The highest BCUT2D eigenvalue weighted by Gasteiger charge is 2.16. The van der Waals surface area contributed by atoms with E-state index in [-0.39, 0.29) is 0 Å². The second-order valence-electron chi connectivity index (χ2n) is 13.1. The molecule has 10 rings (SSSR count). The molecule has 0 saturated heterocycles. The lowest BCUT2D eigenvalue weighted by molar-refractivity contribution is 0.669. The summed E-state index contributed by atoms with van der Waals surface area (Å²) in [5, 5.41) is 12.5. The van der Waals surface area contributed by atoms with E-state index in [1.54, 1.807) is 0 Å². The lowest BCUT2D eigenvalue weighted by Gasteiger charge is -2.16. The Kier molecular flexibility index (Phi) is 6.55. The highest BCUT2D eigenvalue weighted by molar-refractivity contribution is 7.25. The summed E-state index contributed by atoms with van der Waals surface area (Å²) in [5.41, 5.74) is 9.35. The summed E-state index contributed by atoms with van der Waals surface area (Å²) < 4.78 is 8.86. The number of furan rings is 1. The molecule has 0 fully saturated rings. The summed E-state index contributed by atoms with van der Waals surface area (Å²) in [5.74, 6) is 0. The first-order valence-electron chi connectivity index (χ1n) is 17.2. The molecule has 1 nitrogen and oxygen atoms in total. The van der Waals surface area contributed by atoms with Crippen molar-refractivity contribution in [2.45, 2.75) is 13.8 Å². The van der Waals surface area contributed by atoms with Gasteiger partial charge in [0.2, 0.25) is 0 Å². The maximum atomic E-state index is 6.25. The van der Waals surface area contributed by atoms with Crippen molar-refractivity contribution in [3.05, 3.63) is 156 Å². The first kappa shape index (κ1) is 29.0. The quantitative estimate of drug-likeness (QED) is 0.184. The largest absolute Gasteiger partial charge is 0.456 e. The third-order valence-corrected chi connectivity index (χ3v) is 11.5. The summed E-state index contributed by atoms with van der Waals surface area (Å²) in [4.78, 5) is 0. The van der Waals surface area contributed by atoms with Crippen LogP contribution in [0.2, 0.25) is 0 Å². The van der Waals surface area contributed by atoms with Gasteiger partial charge in [0.25, 0.3) is 0 Å². The number of thiophene rings is 1. The molecule has 10 aromatic rings. The Bertz CT molecular complexity index is 3100. The van der Waals surface area contributed by atoms with E-state index < -0.39 is 0 Å². The SMILES string of the molecule is C/C=c1/c(-c2ccccc2)c2ccccc2c(-c2cccc(-c3ccc4sc5cc6cc7c(cc6cc5c4c3)oc3ccccc37)c2)/c1=C/C. The van der Waals surface area contributed by atoms with E-state index in [9.17, 15) is 0 Å². The van der Waals surface area contributed by atoms with Crippen LogP contribution >= 0.6 is 11.3 Å². The Labute approximate surface area is 293 Å². The summed E-state index contributed by atoms with van der Waals surface area (Å²) in [6.45, 7) is 4.32. The maximum Gasteiger partial charge on any atom is 0.136 e. The molecule has 2 heteroatoms. The first-order chi connectivity index (χ1) is 24.7. The van der Waals surface area contributed by atoms with Gasteiger partial charge in [-0.05, 0) is 128 Å². The van der Waals surface area contributed by atoms with E-state index in [2.05, 4.69) is 159 Å². The lowest BCUT2D eigenvalue weighted by atomic mass is 9.87. The number of benzene rings is 8. The van der Waals surface area contributed by atoms with Crippen LogP contribution in [0.4, 0.5) is 0 Å². The van der Waals surface area contributed by atoms with Gasteiger partial charge >= 0.3 is 0 Å². The Balaban J connectivity index is 1.15. The second kappa shape index (κ2) is 11.3. The lowest BCUT2D eigenvalue weighted by Crippen LogP contribution is -2.29. The van der Waals surface area contributed by atoms with Gasteiger partial charge in [0.05, 0.1) is 0 Å². The van der Waals surface area contributed by atoms with E-state index in [0.717, 1.165) is 11.2 Å². The molecular formula is C48H32OS. The fraction of sp³-hybridized carbons (Fsp3) is 0.0417. The standard InChI is InChI=1S/C48H32OS/c1-3-35-36(4-2)48(39-19-9-8-18-38(39)47(35)29-13-6-5-7-14-29)32-16-12-15-30(23-32)31-21-22-45-41(24-31)42-26-33-27-44-40(25-34(33)28-46(42)50-45)37-17-10-11-20-43(37)49-44/h3-28H,1-2H3/b35-3+,36-4+. The molecule has 0 atom stereocenters. The number of para-hydroxylation sites is 1. The van der Waals surface area contributed by atoms with E-state index >= 15 is 0 Å². The molecule has 50 heavy (non-hydrogen) atoms. The number of rotatable bonds is 3. The first-order valence-corrected chi connectivity index (χ1v) is 18.0. The molecule has 0 unspecified atom stereocenters. The van der Waals surface area contributed by atoms with Gasteiger partial charge in [-0.15, -0.1) is 11.3 Å². The molecule has 2 aromatic heterocycles. The molecule has 0 aliphatic carbocycles. The van der Waals surface area contributed by atoms with Crippen LogP contribution in [0.25, 0.3) is 109 Å². The van der Waals surface area contributed by atoms with Crippen molar-refractivity contribution >= 4 is 87.1 Å². The van der Waals surface area contributed by atoms with E-state index in [4.69, 9.17) is 4.42 Å². The minimum absolute atomic E-state index is 0.935. The molecule has 0 radical (unpaired) electrons. The van der Waals surface area contributed by atoms with Gasteiger partial charge in [-0.1, -0.05) is 109 Å². The Morgan fingerprint density at radius 1 is 0.400 bits per heavy atom. The predicted octanol–water partition coefficient (Wildman–Crippen LogP) is 12.9. The van der Waals surface area contributed by atoms with Crippen molar-refractivity contribution in [3.63, 3.8) is 0 Å². The van der Waals surface area contributed by atoms with Gasteiger partial charge in [0, 0.05) is 30.9 Å². The average Bonchev–Trinajstić information content (AvgIpc) is 3.71. The molecule has 8 aromatic carbocycles. The Morgan fingerprint density at radius 3 is 1.78 bits per heavy atom. The normalized spacial score (nSPS) is 12.8. The molecule has 0 aliphatic heterocycles. The van der Waals surface area contributed by atoms with Crippen LogP contribution < -0.4 is 10.4 Å².